The number of amides is 1. The largest absolute Gasteiger partial charge is 0.508 e. The minimum atomic E-state index is -0.656. The Kier molecular flexibility index (Phi) is 4.61. The molecule has 0 spiro atoms. The normalized spacial score (nSPS) is 10.1. The molecule has 0 aliphatic heterocycles. The predicted octanol–water partition coefficient (Wildman–Crippen LogP) is 1.02. The maximum atomic E-state index is 12.0. The number of nitro groups is 1. The number of rotatable bonds is 5. The highest BCUT2D eigenvalue weighted by Crippen LogP contribution is 2.24. The molecule has 98 valence electrons. The van der Waals surface area contributed by atoms with Crippen molar-refractivity contribution in [1.82, 2.24) is 4.90 Å². The summed E-state index contributed by atoms with van der Waals surface area (Å²) in [6.07, 6.45) is 0. The second-order valence-electron chi connectivity index (χ2n) is 3.68. The number of hydrogen-bond donors (Lipinski definition) is 1. The molecule has 0 aliphatic carbocycles. The number of nitro benzene ring substituents is 1. The molecule has 0 atom stereocenters. The van der Waals surface area contributed by atoms with Gasteiger partial charge in [-0.1, -0.05) is 0 Å². The summed E-state index contributed by atoms with van der Waals surface area (Å²) >= 11 is 0. The topological polar surface area (TPSA) is 92.9 Å². The van der Waals surface area contributed by atoms with Crippen LogP contribution in [0.25, 0.3) is 0 Å². The highest BCUT2D eigenvalue weighted by molar-refractivity contribution is 5.98. The Morgan fingerprint density at radius 2 is 2.22 bits per heavy atom. The number of likely N-dealkylation sites (N-methyl/N-ethyl adjacent to an activating group) is 1. The number of carbonyl (C=O) groups excluding carboxylic acids is 1. The van der Waals surface area contributed by atoms with Gasteiger partial charge in [0.05, 0.1) is 11.5 Å². The molecule has 0 fully saturated rings. The van der Waals surface area contributed by atoms with Crippen LogP contribution in [0, 0.1) is 10.1 Å². The lowest BCUT2D eigenvalue weighted by molar-refractivity contribution is -0.385. The zero-order chi connectivity index (χ0) is 13.7. The summed E-state index contributed by atoms with van der Waals surface area (Å²) in [5, 5.41) is 20.1. The SMILES string of the molecule is COCCN(C)C(=O)c1cc(O)ccc1[N+](=O)[O-]. The van der Waals surface area contributed by atoms with Crippen molar-refractivity contribution in [2.75, 3.05) is 27.3 Å². The average molecular weight is 254 g/mol. The molecule has 1 aromatic rings. The number of methoxy groups -OCH3 is 1. The van der Waals surface area contributed by atoms with Crippen LogP contribution < -0.4 is 0 Å². The van der Waals surface area contributed by atoms with Crippen LogP contribution >= 0.6 is 0 Å². The van der Waals surface area contributed by atoms with E-state index in [9.17, 15) is 20.0 Å². The van der Waals surface area contributed by atoms with Crippen molar-refractivity contribution in [2.24, 2.45) is 0 Å². The van der Waals surface area contributed by atoms with Crippen LogP contribution in [0.3, 0.4) is 0 Å². The maximum absolute atomic E-state index is 12.0. The van der Waals surface area contributed by atoms with Crippen LogP contribution in [-0.2, 0) is 4.74 Å². The van der Waals surface area contributed by atoms with Crippen molar-refractivity contribution in [3.05, 3.63) is 33.9 Å². The van der Waals surface area contributed by atoms with Crippen LogP contribution in [0.4, 0.5) is 5.69 Å². The predicted molar refractivity (Wildman–Crippen MR) is 63.6 cm³/mol. The molecular weight excluding hydrogens is 240 g/mol. The summed E-state index contributed by atoms with van der Waals surface area (Å²) in [6, 6.07) is 3.36. The Bertz CT molecular complexity index is 461. The van der Waals surface area contributed by atoms with Crippen molar-refractivity contribution in [1.29, 1.82) is 0 Å². The molecule has 1 amide bonds. The van der Waals surface area contributed by atoms with E-state index < -0.39 is 10.8 Å². The van der Waals surface area contributed by atoms with E-state index in [0.717, 1.165) is 12.1 Å². The van der Waals surface area contributed by atoms with E-state index >= 15 is 0 Å². The highest BCUT2D eigenvalue weighted by Gasteiger charge is 2.23. The number of ether oxygens (including phenoxy) is 1. The fourth-order valence-corrected chi connectivity index (χ4v) is 1.39. The van der Waals surface area contributed by atoms with Crippen LogP contribution in [0.1, 0.15) is 10.4 Å². The lowest BCUT2D eigenvalue weighted by Crippen LogP contribution is -2.30. The monoisotopic (exact) mass is 254 g/mol. The molecule has 0 saturated carbocycles. The Balaban J connectivity index is 3.03. The van der Waals surface area contributed by atoms with E-state index in [0.29, 0.717) is 13.2 Å². The number of nitrogens with zero attached hydrogens (tertiary/aromatic N) is 2. The molecule has 7 heteroatoms. The molecule has 0 unspecified atom stereocenters. The third-order valence-electron chi connectivity index (χ3n) is 2.38. The molecule has 0 aromatic heterocycles. The molecule has 1 rings (SSSR count). The minimum absolute atomic E-state index is 0.140. The zero-order valence-corrected chi connectivity index (χ0v) is 10.1. The maximum Gasteiger partial charge on any atom is 0.282 e. The van der Waals surface area contributed by atoms with E-state index in [4.69, 9.17) is 4.74 Å². The number of hydrogen-bond acceptors (Lipinski definition) is 5. The summed E-state index contributed by atoms with van der Waals surface area (Å²) in [5.41, 5.74) is -0.472. The molecular formula is C11H14N2O5. The number of phenolic OH excluding ortho intramolecular Hbond substituents is 1. The van der Waals surface area contributed by atoms with Gasteiger partial charge in [0.2, 0.25) is 0 Å². The van der Waals surface area contributed by atoms with Crippen LogP contribution in [0.5, 0.6) is 5.75 Å². The van der Waals surface area contributed by atoms with Gasteiger partial charge in [-0.25, -0.2) is 0 Å². The molecule has 1 N–H and O–H groups in total. The van der Waals surface area contributed by atoms with Crippen LogP contribution in [-0.4, -0.2) is 48.1 Å². The summed E-state index contributed by atoms with van der Waals surface area (Å²) in [4.78, 5) is 23.4. The van der Waals surface area contributed by atoms with E-state index in [1.807, 2.05) is 0 Å². The number of phenols is 1. The summed E-state index contributed by atoms with van der Waals surface area (Å²) in [6.45, 7) is 0.636. The van der Waals surface area contributed by atoms with Gasteiger partial charge in [0.1, 0.15) is 11.3 Å². The van der Waals surface area contributed by atoms with Gasteiger partial charge in [-0.3, -0.25) is 14.9 Å². The quantitative estimate of drug-likeness (QED) is 0.625. The average Bonchev–Trinajstić information content (AvgIpc) is 2.34. The molecule has 0 bridgehead atoms. The lowest BCUT2D eigenvalue weighted by atomic mass is 10.1. The van der Waals surface area contributed by atoms with E-state index in [1.54, 1.807) is 0 Å². The van der Waals surface area contributed by atoms with Gasteiger partial charge in [0.25, 0.3) is 11.6 Å². The standard InChI is InChI=1S/C11H14N2O5/c1-12(5-6-18-2)11(15)9-7-8(14)3-4-10(9)13(16)17/h3-4,7,14H,5-6H2,1-2H3. The van der Waals surface area contributed by atoms with Gasteiger partial charge in [-0.15, -0.1) is 0 Å². The number of carbonyl (C=O) groups is 1. The molecule has 0 radical (unpaired) electrons. The second-order valence-corrected chi connectivity index (χ2v) is 3.68. The minimum Gasteiger partial charge on any atom is -0.508 e. The van der Waals surface area contributed by atoms with Crippen molar-refractivity contribution in [2.45, 2.75) is 0 Å². The smallest absolute Gasteiger partial charge is 0.282 e. The Morgan fingerprint density at radius 3 is 2.78 bits per heavy atom. The summed E-state index contributed by atoms with van der Waals surface area (Å²) in [7, 11) is 3.00. The molecule has 7 nitrogen and oxygen atoms in total. The second kappa shape index (κ2) is 5.97. The van der Waals surface area contributed by atoms with Gasteiger partial charge in [-0.05, 0) is 12.1 Å². The number of benzene rings is 1. The molecule has 18 heavy (non-hydrogen) atoms. The van der Waals surface area contributed by atoms with E-state index in [1.165, 1.54) is 25.1 Å². The van der Waals surface area contributed by atoms with Crippen molar-refractivity contribution >= 4 is 11.6 Å². The molecule has 0 heterocycles. The third-order valence-corrected chi connectivity index (χ3v) is 2.38. The first-order valence-corrected chi connectivity index (χ1v) is 5.19. The van der Waals surface area contributed by atoms with E-state index in [2.05, 4.69) is 0 Å². The fraction of sp³-hybridized carbons (Fsp3) is 0.364. The first-order chi connectivity index (χ1) is 8.47. The Hall–Kier alpha value is -2.15. The first-order valence-electron chi connectivity index (χ1n) is 5.19. The Labute approximate surface area is 104 Å². The molecule has 0 aliphatic rings. The van der Waals surface area contributed by atoms with Crippen molar-refractivity contribution < 1.29 is 19.6 Å². The van der Waals surface area contributed by atoms with Gasteiger partial charge >= 0.3 is 0 Å². The molecule has 1 aromatic carbocycles. The first kappa shape index (κ1) is 13.9. The lowest BCUT2D eigenvalue weighted by Gasteiger charge is -2.16. The third kappa shape index (κ3) is 3.17. The van der Waals surface area contributed by atoms with Crippen molar-refractivity contribution in [3.8, 4) is 5.75 Å². The molecule has 0 saturated heterocycles. The summed E-state index contributed by atoms with van der Waals surface area (Å²) < 4.78 is 4.82. The van der Waals surface area contributed by atoms with Crippen LogP contribution in [0.15, 0.2) is 18.2 Å². The van der Waals surface area contributed by atoms with Gasteiger partial charge in [0, 0.05) is 26.8 Å². The van der Waals surface area contributed by atoms with Gasteiger partial charge in [0.15, 0.2) is 0 Å². The van der Waals surface area contributed by atoms with Gasteiger partial charge in [-0.2, -0.15) is 0 Å². The van der Waals surface area contributed by atoms with Crippen molar-refractivity contribution in [3.63, 3.8) is 0 Å². The van der Waals surface area contributed by atoms with Gasteiger partial charge < -0.3 is 14.7 Å². The summed E-state index contributed by atoms with van der Waals surface area (Å²) in [5.74, 6) is -0.723. The van der Waals surface area contributed by atoms with E-state index in [-0.39, 0.29) is 17.0 Å². The highest BCUT2D eigenvalue weighted by atomic mass is 16.6. The Morgan fingerprint density at radius 1 is 1.56 bits per heavy atom. The fourth-order valence-electron chi connectivity index (χ4n) is 1.39. The number of aromatic hydroxyl groups is 1. The van der Waals surface area contributed by atoms with Crippen LogP contribution in [0.2, 0.25) is 0 Å². The zero-order valence-electron chi connectivity index (χ0n) is 10.1.